The third-order valence-corrected chi connectivity index (χ3v) is 4.82. The van der Waals surface area contributed by atoms with Crippen LogP contribution in [0.2, 0.25) is 0 Å². The van der Waals surface area contributed by atoms with E-state index in [4.69, 9.17) is 0 Å². The van der Waals surface area contributed by atoms with E-state index in [1.807, 2.05) is 11.3 Å². The Balaban J connectivity index is 2.14. The summed E-state index contributed by atoms with van der Waals surface area (Å²) in [6.45, 7) is 2.11. The zero-order chi connectivity index (χ0) is 11.7. The van der Waals surface area contributed by atoms with E-state index in [0.29, 0.717) is 0 Å². The lowest BCUT2D eigenvalue weighted by atomic mass is 10.1. The third kappa shape index (κ3) is 1.94. The minimum absolute atomic E-state index is 1.34. The number of hydrogen-bond acceptors (Lipinski definition) is 2. The molecule has 0 spiro atoms. The first-order chi connectivity index (χ1) is 8.38. The second kappa shape index (κ2) is 4.47. The molecule has 0 atom stereocenters. The monoisotopic (exact) mass is 256 g/mol. The average molecular weight is 256 g/mol. The van der Waals surface area contributed by atoms with Crippen LogP contribution >= 0.6 is 22.7 Å². The van der Waals surface area contributed by atoms with Gasteiger partial charge in [-0.05, 0) is 35.9 Å². The quantitative estimate of drug-likeness (QED) is 0.574. The predicted molar refractivity (Wildman–Crippen MR) is 78.9 cm³/mol. The lowest BCUT2D eigenvalue weighted by Crippen LogP contribution is -1.77. The number of rotatable bonds is 2. The number of thiophene rings is 2. The molecule has 0 radical (unpaired) electrons. The number of fused-ring (bicyclic) bond motifs is 1. The van der Waals surface area contributed by atoms with Crippen LogP contribution < -0.4 is 0 Å². The van der Waals surface area contributed by atoms with Crippen LogP contribution in [0.4, 0.5) is 0 Å². The molecule has 0 aliphatic rings. The normalized spacial score (nSPS) is 12.2. The SMILES string of the molecule is C/C=C(\c1cccs1)c1cc2ccccc2s1. The van der Waals surface area contributed by atoms with Crippen LogP contribution in [0.5, 0.6) is 0 Å². The fraction of sp³-hybridized carbons (Fsp3) is 0.0667. The van der Waals surface area contributed by atoms with Crippen molar-refractivity contribution in [2.24, 2.45) is 0 Å². The molecule has 84 valence electrons. The van der Waals surface area contributed by atoms with Gasteiger partial charge in [0.05, 0.1) is 0 Å². The molecule has 0 bridgehead atoms. The number of hydrogen-bond donors (Lipinski definition) is 0. The first kappa shape index (κ1) is 10.8. The zero-order valence-electron chi connectivity index (χ0n) is 9.51. The van der Waals surface area contributed by atoms with Gasteiger partial charge in [0, 0.05) is 20.0 Å². The van der Waals surface area contributed by atoms with Gasteiger partial charge in [-0.2, -0.15) is 0 Å². The third-order valence-electron chi connectivity index (χ3n) is 2.77. The molecule has 0 saturated carbocycles. The lowest BCUT2D eigenvalue weighted by molar-refractivity contribution is 1.70. The van der Waals surface area contributed by atoms with Crippen molar-refractivity contribution in [3.63, 3.8) is 0 Å². The Bertz CT molecular complexity index is 624. The van der Waals surface area contributed by atoms with Crippen LogP contribution in [0.25, 0.3) is 15.7 Å². The second-order valence-electron chi connectivity index (χ2n) is 3.83. The van der Waals surface area contributed by atoms with E-state index in [1.54, 1.807) is 11.3 Å². The van der Waals surface area contributed by atoms with Gasteiger partial charge in [0.15, 0.2) is 0 Å². The molecule has 17 heavy (non-hydrogen) atoms. The Labute approximate surface area is 109 Å². The fourth-order valence-electron chi connectivity index (χ4n) is 1.95. The molecule has 2 heterocycles. The maximum Gasteiger partial charge on any atom is 0.0366 e. The summed E-state index contributed by atoms with van der Waals surface area (Å²) in [6, 6.07) is 15.1. The molecule has 3 aromatic rings. The van der Waals surface area contributed by atoms with E-state index in [2.05, 4.69) is 60.8 Å². The highest BCUT2D eigenvalue weighted by molar-refractivity contribution is 7.20. The molecular weight excluding hydrogens is 244 g/mol. The molecule has 0 amide bonds. The summed E-state index contributed by atoms with van der Waals surface area (Å²) in [6.07, 6.45) is 2.20. The first-order valence-electron chi connectivity index (χ1n) is 5.57. The Morgan fingerprint density at radius 2 is 1.94 bits per heavy atom. The number of allylic oxidation sites excluding steroid dienone is 1. The minimum Gasteiger partial charge on any atom is -0.144 e. The van der Waals surface area contributed by atoms with E-state index >= 15 is 0 Å². The molecular formula is C15H12S2. The van der Waals surface area contributed by atoms with Crippen molar-refractivity contribution < 1.29 is 0 Å². The largest absolute Gasteiger partial charge is 0.144 e. The van der Waals surface area contributed by atoms with E-state index < -0.39 is 0 Å². The van der Waals surface area contributed by atoms with Gasteiger partial charge < -0.3 is 0 Å². The summed E-state index contributed by atoms with van der Waals surface area (Å²) < 4.78 is 1.36. The molecule has 2 aromatic heterocycles. The minimum atomic E-state index is 1.34. The topological polar surface area (TPSA) is 0 Å². The Hall–Kier alpha value is -1.38. The summed E-state index contributed by atoms with van der Waals surface area (Å²) in [5.41, 5.74) is 1.35. The summed E-state index contributed by atoms with van der Waals surface area (Å²) >= 11 is 3.67. The Morgan fingerprint density at radius 1 is 1.06 bits per heavy atom. The Kier molecular flexibility index (Phi) is 2.83. The lowest BCUT2D eigenvalue weighted by Gasteiger charge is -1.99. The van der Waals surface area contributed by atoms with Crippen LogP contribution in [0.1, 0.15) is 16.7 Å². The van der Waals surface area contributed by atoms with Gasteiger partial charge in [0.1, 0.15) is 0 Å². The Morgan fingerprint density at radius 3 is 2.65 bits per heavy atom. The molecule has 1 aromatic carbocycles. The van der Waals surface area contributed by atoms with Crippen molar-refractivity contribution >= 4 is 38.3 Å². The maximum absolute atomic E-state index is 2.29. The van der Waals surface area contributed by atoms with Crippen molar-refractivity contribution in [1.29, 1.82) is 0 Å². The molecule has 0 N–H and O–H groups in total. The van der Waals surface area contributed by atoms with Gasteiger partial charge in [-0.15, -0.1) is 22.7 Å². The molecule has 0 unspecified atom stereocenters. The molecule has 0 aliphatic carbocycles. The van der Waals surface area contributed by atoms with E-state index in [0.717, 1.165) is 0 Å². The summed E-state index contributed by atoms with van der Waals surface area (Å²) in [4.78, 5) is 2.70. The second-order valence-corrected chi connectivity index (χ2v) is 5.86. The van der Waals surface area contributed by atoms with Crippen molar-refractivity contribution in [2.75, 3.05) is 0 Å². The highest BCUT2D eigenvalue weighted by atomic mass is 32.1. The highest BCUT2D eigenvalue weighted by Crippen LogP contribution is 2.35. The van der Waals surface area contributed by atoms with Crippen LogP contribution in [-0.4, -0.2) is 0 Å². The smallest absolute Gasteiger partial charge is 0.0366 e. The van der Waals surface area contributed by atoms with Crippen molar-refractivity contribution in [2.45, 2.75) is 6.92 Å². The predicted octanol–water partition coefficient (Wildman–Crippen LogP) is 5.41. The molecule has 2 heteroatoms. The van der Waals surface area contributed by atoms with Crippen LogP contribution in [0.15, 0.2) is 53.9 Å². The summed E-state index contributed by atoms with van der Waals surface area (Å²) in [7, 11) is 0. The first-order valence-corrected chi connectivity index (χ1v) is 7.27. The molecule has 0 aliphatic heterocycles. The fourth-order valence-corrected chi connectivity index (χ4v) is 3.98. The van der Waals surface area contributed by atoms with E-state index in [9.17, 15) is 0 Å². The van der Waals surface area contributed by atoms with Gasteiger partial charge in [-0.25, -0.2) is 0 Å². The van der Waals surface area contributed by atoms with Crippen LogP contribution in [0.3, 0.4) is 0 Å². The standard InChI is InChI=1S/C15H12S2/c1-2-12(14-8-5-9-16-14)15-10-11-6-3-4-7-13(11)17-15/h2-10H,1H3/b12-2+. The summed E-state index contributed by atoms with van der Waals surface area (Å²) in [5.74, 6) is 0. The van der Waals surface area contributed by atoms with Gasteiger partial charge in [0.2, 0.25) is 0 Å². The van der Waals surface area contributed by atoms with E-state index in [1.165, 1.54) is 25.4 Å². The summed E-state index contributed by atoms with van der Waals surface area (Å²) in [5, 5.41) is 3.47. The molecule has 0 nitrogen and oxygen atoms in total. The number of benzene rings is 1. The van der Waals surface area contributed by atoms with Gasteiger partial charge in [-0.3, -0.25) is 0 Å². The van der Waals surface area contributed by atoms with Crippen molar-refractivity contribution in [3.05, 3.63) is 63.7 Å². The average Bonchev–Trinajstić information content (AvgIpc) is 2.98. The molecule has 3 rings (SSSR count). The van der Waals surface area contributed by atoms with Crippen molar-refractivity contribution in [3.8, 4) is 0 Å². The van der Waals surface area contributed by atoms with Crippen LogP contribution in [0, 0.1) is 0 Å². The van der Waals surface area contributed by atoms with E-state index in [-0.39, 0.29) is 0 Å². The van der Waals surface area contributed by atoms with Crippen molar-refractivity contribution in [1.82, 2.24) is 0 Å². The molecule has 0 fully saturated rings. The highest BCUT2D eigenvalue weighted by Gasteiger charge is 2.08. The zero-order valence-corrected chi connectivity index (χ0v) is 11.1. The molecule has 0 saturated heterocycles. The van der Waals surface area contributed by atoms with Crippen LogP contribution in [-0.2, 0) is 0 Å². The van der Waals surface area contributed by atoms with Gasteiger partial charge >= 0.3 is 0 Å². The van der Waals surface area contributed by atoms with Gasteiger partial charge in [-0.1, -0.05) is 30.3 Å². The van der Waals surface area contributed by atoms with Gasteiger partial charge in [0.25, 0.3) is 0 Å². The maximum atomic E-state index is 2.29.